The van der Waals surface area contributed by atoms with Gasteiger partial charge in [0.25, 0.3) is 0 Å². The van der Waals surface area contributed by atoms with Gasteiger partial charge in [0.05, 0.1) is 0 Å². The van der Waals surface area contributed by atoms with Crippen LogP contribution in [0.5, 0.6) is 0 Å². The molecule has 4 heteroatoms. The van der Waals surface area contributed by atoms with Crippen LogP contribution in [0.4, 0.5) is 0 Å². The molecule has 0 bridgehead atoms. The van der Waals surface area contributed by atoms with Crippen molar-refractivity contribution in [2.24, 2.45) is 5.73 Å². The summed E-state index contributed by atoms with van der Waals surface area (Å²) in [5, 5.41) is 0.654. The van der Waals surface area contributed by atoms with E-state index in [4.69, 9.17) is 17.3 Å². The van der Waals surface area contributed by atoms with Crippen LogP contribution in [0.15, 0.2) is 22.7 Å². The van der Waals surface area contributed by atoms with Gasteiger partial charge in [0.2, 0.25) is 0 Å². The summed E-state index contributed by atoms with van der Waals surface area (Å²) in [5.74, 6) is 0.256. The van der Waals surface area contributed by atoms with E-state index < -0.39 is 0 Å². The Labute approximate surface area is 122 Å². The van der Waals surface area contributed by atoms with Crippen molar-refractivity contribution in [1.29, 1.82) is 0 Å². The highest BCUT2D eigenvalue weighted by atomic mass is 79.9. The molecule has 100 valence electrons. The maximum atomic E-state index is 11.8. The first kappa shape index (κ1) is 15.7. The van der Waals surface area contributed by atoms with E-state index in [1.54, 1.807) is 0 Å². The summed E-state index contributed by atoms with van der Waals surface area (Å²) in [4.78, 5) is 11.8. The van der Waals surface area contributed by atoms with Crippen molar-refractivity contribution in [3.63, 3.8) is 0 Å². The Morgan fingerprint density at radius 2 is 1.94 bits per heavy atom. The SMILES string of the molecule is NCCCCCCC(=O)Cc1ccc(Br)cc1Cl. The second-order valence-electron chi connectivity index (χ2n) is 4.40. The van der Waals surface area contributed by atoms with Gasteiger partial charge < -0.3 is 5.73 Å². The van der Waals surface area contributed by atoms with E-state index in [9.17, 15) is 4.79 Å². The molecule has 1 aromatic rings. The highest BCUT2D eigenvalue weighted by Gasteiger charge is 2.07. The van der Waals surface area contributed by atoms with E-state index in [0.29, 0.717) is 17.9 Å². The van der Waals surface area contributed by atoms with Crippen LogP contribution in [-0.2, 0) is 11.2 Å². The molecule has 0 aromatic heterocycles. The highest BCUT2D eigenvalue weighted by molar-refractivity contribution is 9.10. The van der Waals surface area contributed by atoms with Gasteiger partial charge in [-0.15, -0.1) is 0 Å². The van der Waals surface area contributed by atoms with Crippen LogP contribution < -0.4 is 5.73 Å². The lowest BCUT2D eigenvalue weighted by Gasteiger charge is -2.04. The number of carbonyl (C=O) groups is 1. The topological polar surface area (TPSA) is 43.1 Å². The van der Waals surface area contributed by atoms with Crippen LogP contribution in [0, 0.1) is 0 Å². The normalized spacial score (nSPS) is 10.6. The molecule has 0 spiro atoms. The smallest absolute Gasteiger partial charge is 0.137 e. The zero-order valence-corrected chi connectivity index (χ0v) is 12.8. The first-order valence-electron chi connectivity index (χ1n) is 6.29. The van der Waals surface area contributed by atoms with Gasteiger partial charge in [0.1, 0.15) is 5.78 Å². The number of benzene rings is 1. The third-order valence-corrected chi connectivity index (χ3v) is 3.66. The lowest BCUT2D eigenvalue weighted by Crippen LogP contribution is -2.03. The summed E-state index contributed by atoms with van der Waals surface area (Å²) < 4.78 is 0.936. The molecular formula is C14H19BrClNO. The van der Waals surface area contributed by atoms with Gasteiger partial charge in [0, 0.05) is 22.3 Å². The van der Waals surface area contributed by atoms with Crippen molar-refractivity contribution in [3.8, 4) is 0 Å². The number of nitrogens with two attached hydrogens (primary N) is 1. The molecule has 2 N–H and O–H groups in total. The van der Waals surface area contributed by atoms with Crippen molar-refractivity contribution in [2.75, 3.05) is 6.54 Å². The minimum absolute atomic E-state index is 0.256. The van der Waals surface area contributed by atoms with Crippen LogP contribution in [0.3, 0.4) is 0 Å². The van der Waals surface area contributed by atoms with Crippen LogP contribution >= 0.6 is 27.5 Å². The van der Waals surface area contributed by atoms with Crippen LogP contribution in [-0.4, -0.2) is 12.3 Å². The molecule has 0 heterocycles. The van der Waals surface area contributed by atoms with Gasteiger partial charge in [-0.05, 0) is 37.1 Å². The van der Waals surface area contributed by atoms with Crippen LogP contribution in [0.25, 0.3) is 0 Å². The lowest BCUT2D eigenvalue weighted by molar-refractivity contribution is -0.118. The zero-order chi connectivity index (χ0) is 13.4. The van der Waals surface area contributed by atoms with Crippen molar-refractivity contribution in [1.82, 2.24) is 0 Å². The minimum atomic E-state index is 0.256. The average Bonchev–Trinajstić information content (AvgIpc) is 2.32. The largest absolute Gasteiger partial charge is 0.330 e. The molecule has 0 aliphatic carbocycles. The highest BCUT2D eigenvalue weighted by Crippen LogP contribution is 2.22. The Hall–Kier alpha value is -0.380. The first-order valence-corrected chi connectivity index (χ1v) is 7.46. The van der Waals surface area contributed by atoms with E-state index >= 15 is 0 Å². The van der Waals surface area contributed by atoms with Gasteiger partial charge in [-0.2, -0.15) is 0 Å². The predicted octanol–water partition coefficient (Wildman–Crippen LogP) is 4.12. The Morgan fingerprint density at radius 3 is 2.61 bits per heavy atom. The Morgan fingerprint density at radius 1 is 1.22 bits per heavy atom. The fourth-order valence-electron chi connectivity index (χ4n) is 1.79. The molecule has 0 aliphatic rings. The lowest BCUT2D eigenvalue weighted by atomic mass is 10.0. The number of hydrogen-bond donors (Lipinski definition) is 1. The zero-order valence-electron chi connectivity index (χ0n) is 10.4. The molecule has 1 aromatic carbocycles. The number of rotatable bonds is 8. The fraction of sp³-hybridized carbons (Fsp3) is 0.500. The molecule has 0 atom stereocenters. The fourth-order valence-corrected chi connectivity index (χ4v) is 2.53. The maximum absolute atomic E-state index is 11.8. The first-order chi connectivity index (χ1) is 8.63. The molecule has 0 saturated heterocycles. The predicted molar refractivity (Wildman–Crippen MR) is 80.0 cm³/mol. The number of carbonyl (C=O) groups excluding carboxylic acids is 1. The molecule has 18 heavy (non-hydrogen) atoms. The Balaban J connectivity index is 2.31. The third-order valence-electron chi connectivity index (χ3n) is 2.81. The number of unbranched alkanes of at least 4 members (excludes halogenated alkanes) is 3. The molecule has 0 unspecified atom stereocenters. The molecule has 2 nitrogen and oxygen atoms in total. The van der Waals surface area contributed by atoms with Gasteiger partial charge in [-0.1, -0.05) is 46.4 Å². The summed E-state index contributed by atoms with van der Waals surface area (Å²) in [6.45, 7) is 0.739. The van der Waals surface area contributed by atoms with E-state index in [2.05, 4.69) is 15.9 Å². The maximum Gasteiger partial charge on any atom is 0.137 e. The summed E-state index contributed by atoms with van der Waals surface area (Å²) >= 11 is 9.43. The monoisotopic (exact) mass is 331 g/mol. The summed E-state index contributed by atoms with van der Waals surface area (Å²) in [6.07, 6.45) is 5.26. The van der Waals surface area contributed by atoms with Gasteiger partial charge in [-0.3, -0.25) is 4.79 Å². The van der Waals surface area contributed by atoms with Gasteiger partial charge in [0.15, 0.2) is 0 Å². The number of halogens is 2. The Bertz CT molecular complexity index is 395. The standard InChI is InChI=1S/C14H19BrClNO/c15-12-7-6-11(14(16)10-12)9-13(18)5-3-1-2-4-8-17/h6-7,10H,1-5,8-9,17H2. The van der Waals surface area contributed by atoms with Crippen molar-refractivity contribution in [3.05, 3.63) is 33.3 Å². The number of Topliss-reactive ketones (excluding diaryl/α,β-unsaturated/α-hetero) is 1. The molecule has 0 amide bonds. The molecular weight excluding hydrogens is 314 g/mol. The van der Waals surface area contributed by atoms with Crippen molar-refractivity contribution < 1.29 is 4.79 Å². The minimum Gasteiger partial charge on any atom is -0.330 e. The molecule has 0 fully saturated rings. The molecule has 0 saturated carbocycles. The van der Waals surface area contributed by atoms with Gasteiger partial charge >= 0.3 is 0 Å². The van der Waals surface area contributed by atoms with Crippen LogP contribution in [0.2, 0.25) is 5.02 Å². The summed E-state index contributed by atoms with van der Waals surface area (Å²) in [7, 11) is 0. The molecule has 0 aliphatic heterocycles. The van der Waals surface area contributed by atoms with Crippen molar-refractivity contribution in [2.45, 2.75) is 38.5 Å². The van der Waals surface area contributed by atoms with E-state index in [1.165, 1.54) is 0 Å². The molecule has 0 radical (unpaired) electrons. The average molecular weight is 333 g/mol. The summed E-state index contributed by atoms with van der Waals surface area (Å²) in [6, 6.07) is 5.64. The van der Waals surface area contributed by atoms with Gasteiger partial charge in [-0.25, -0.2) is 0 Å². The Kier molecular flexibility index (Phi) is 7.56. The van der Waals surface area contributed by atoms with E-state index in [-0.39, 0.29) is 5.78 Å². The van der Waals surface area contributed by atoms with Crippen LogP contribution in [0.1, 0.15) is 37.7 Å². The second-order valence-corrected chi connectivity index (χ2v) is 5.73. The summed E-state index contributed by atoms with van der Waals surface area (Å²) in [5.41, 5.74) is 6.33. The quantitative estimate of drug-likeness (QED) is 0.728. The van der Waals surface area contributed by atoms with E-state index in [1.807, 2.05) is 18.2 Å². The van der Waals surface area contributed by atoms with E-state index in [0.717, 1.165) is 42.3 Å². The second kappa shape index (κ2) is 8.68. The number of hydrogen-bond acceptors (Lipinski definition) is 2. The number of ketones is 1. The molecule has 1 rings (SSSR count). The van der Waals surface area contributed by atoms with Crippen molar-refractivity contribution >= 4 is 33.3 Å². The third kappa shape index (κ3) is 5.98.